The molecule has 0 aliphatic carbocycles. The highest BCUT2D eigenvalue weighted by molar-refractivity contribution is 5.97. The van der Waals surface area contributed by atoms with Crippen LogP contribution >= 0.6 is 0 Å². The molecule has 1 aromatic heterocycles. The third-order valence-electron chi connectivity index (χ3n) is 4.13. The van der Waals surface area contributed by atoms with E-state index in [4.69, 9.17) is 13.9 Å². The van der Waals surface area contributed by atoms with Gasteiger partial charge >= 0.3 is 5.97 Å². The minimum atomic E-state index is -0.654. The summed E-state index contributed by atoms with van der Waals surface area (Å²) in [7, 11) is 0. The average molecular weight is 347 g/mol. The zero-order chi connectivity index (χ0) is 18.6. The lowest BCUT2D eigenvalue weighted by atomic mass is 10.1. The van der Waals surface area contributed by atoms with Gasteiger partial charge in [-0.1, -0.05) is 13.8 Å². The number of carbonyl (C=O) groups is 2. The first-order chi connectivity index (χ1) is 11.8. The quantitative estimate of drug-likeness (QED) is 0.776. The van der Waals surface area contributed by atoms with E-state index in [2.05, 4.69) is 5.32 Å². The molecule has 1 N–H and O–H groups in total. The maximum atomic E-state index is 12.2. The molecule has 25 heavy (non-hydrogen) atoms. The Bertz CT molecular complexity index is 763. The van der Waals surface area contributed by atoms with Crippen LogP contribution in [0.15, 0.2) is 22.6 Å². The van der Waals surface area contributed by atoms with Crippen molar-refractivity contribution in [3.05, 3.63) is 29.5 Å². The number of hydrogen-bond donors (Lipinski definition) is 1. The van der Waals surface area contributed by atoms with Crippen LogP contribution in [0.25, 0.3) is 11.0 Å². The number of hydrogen-bond acceptors (Lipinski definition) is 5. The van der Waals surface area contributed by atoms with Gasteiger partial charge in [-0.25, -0.2) is 4.79 Å². The number of esters is 1. The van der Waals surface area contributed by atoms with Crippen molar-refractivity contribution in [1.29, 1.82) is 0 Å². The number of nitrogens with one attached hydrogen (secondary N) is 1. The minimum Gasteiger partial charge on any atom is -0.494 e. The van der Waals surface area contributed by atoms with Crippen LogP contribution in [-0.2, 0) is 9.53 Å². The van der Waals surface area contributed by atoms with E-state index in [1.165, 1.54) is 0 Å². The maximum Gasteiger partial charge on any atom is 0.375 e. The molecule has 0 saturated carbocycles. The Labute approximate surface area is 147 Å². The monoisotopic (exact) mass is 347 g/mol. The highest BCUT2D eigenvalue weighted by Gasteiger charge is 2.21. The minimum absolute atomic E-state index is 0.0103. The second-order valence-electron chi connectivity index (χ2n) is 6.32. The Morgan fingerprint density at radius 1 is 1.24 bits per heavy atom. The van der Waals surface area contributed by atoms with Gasteiger partial charge in [-0.05, 0) is 44.9 Å². The van der Waals surface area contributed by atoms with Gasteiger partial charge in [0.2, 0.25) is 5.76 Å². The standard InChI is InChI=1S/C19H25NO5/c1-6-23-14-7-8-16-15(9-14)12(4)18(25-16)19(22)24-10-17(21)20-13(5)11(2)3/h7-9,11,13H,6,10H2,1-5H3,(H,20,21)/t13-/m1/s1. The molecule has 0 spiro atoms. The van der Waals surface area contributed by atoms with Crippen LogP contribution in [0.4, 0.5) is 0 Å². The predicted octanol–water partition coefficient (Wildman–Crippen LogP) is 3.46. The van der Waals surface area contributed by atoms with Gasteiger partial charge < -0.3 is 19.2 Å². The van der Waals surface area contributed by atoms with Crippen molar-refractivity contribution in [3.63, 3.8) is 0 Å². The van der Waals surface area contributed by atoms with E-state index in [-0.39, 0.29) is 24.3 Å². The van der Waals surface area contributed by atoms with Crippen LogP contribution in [0.5, 0.6) is 5.75 Å². The number of rotatable bonds is 7. The number of furan rings is 1. The zero-order valence-electron chi connectivity index (χ0n) is 15.3. The topological polar surface area (TPSA) is 77.8 Å². The van der Waals surface area contributed by atoms with Crippen LogP contribution in [0.3, 0.4) is 0 Å². The van der Waals surface area contributed by atoms with Crippen molar-refractivity contribution in [2.24, 2.45) is 5.92 Å². The molecule has 0 radical (unpaired) electrons. The van der Waals surface area contributed by atoms with E-state index in [1.54, 1.807) is 19.1 Å². The maximum absolute atomic E-state index is 12.2. The molecule has 0 bridgehead atoms. The molecule has 0 fully saturated rings. The van der Waals surface area contributed by atoms with Crippen LogP contribution in [0.2, 0.25) is 0 Å². The largest absolute Gasteiger partial charge is 0.494 e. The molecule has 2 rings (SSSR count). The average Bonchev–Trinajstić information content (AvgIpc) is 2.89. The van der Waals surface area contributed by atoms with Gasteiger partial charge in [-0.15, -0.1) is 0 Å². The Morgan fingerprint density at radius 2 is 1.96 bits per heavy atom. The molecular weight excluding hydrogens is 322 g/mol. The molecule has 136 valence electrons. The summed E-state index contributed by atoms with van der Waals surface area (Å²) in [6, 6.07) is 5.37. The number of benzene rings is 1. The van der Waals surface area contributed by atoms with E-state index in [0.717, 1.165) is 5.39 Å². The van der Waals surface area contributed by atoms with Gasteiger partial charge in [0.15, 0.2) is 6.61 Å². The highest BCUT2D eigenvalue weighted by Crippen LogP contribution is 2.29. The zero-order valence-corrected chi connectivity index (χ0v) is 15.3. The summed E-state index contributed by atoms with van der Waals surface area (Å²) in [5.41, 5.74) is 1.24. The smallest absolute Gasteiger partial charge is 0.375 e. The fraction of sp³-hybridized carbons (Fsp3) is 0.474. The molecule has 6 nitrogen and oxygen atoms in total. The summed E-state index contributed by atoms with van der Waals surface area (Å²) < 4.78 is 16.1. The number of carbonyl (C=O) groups excluding carboxylic acids is 2. The Morgan fingerprint density at radius 3 is 2.60 bits per heavy atom. The van der Waals surface area contributed by atoms with Crippen molar-refractivity contribution in [3.8, 4) is 5.75 Å². The lowest BCUT2D eigenvalue weighted by Gasteiger charge is -2.17. The Kier molecular flexibility index (Phi) is 6.07. The van der Waals surface area contributed by atoms with Crippen LogP contribution in [0.1, 0.15) is 43.8 Å². The summed E-state index contributed by atoms with van der Waals surface area (Å²) in [6.07, 6.45) is 0. The van der Waals surface area contributed by atoms with E-state index in [1.807, 2.05) is 33.8 Å². The second-order valence-corrected chi connectivity index (χ2v) is 6.32. The molecule has 2 aromatic rings. The van der Waals surface area contributed by atoms with Gasteiger partial charge in [-0.3, -0.25) is 4.79 Å². The number of ether oxygens (including phenoxy) is 2. The van der Waals surface area contributed by atoms with Gasteiger partial charge in [0.05, 0.1) is 6.61 Å². The molecule has 1 atom stereocenters. The van der Waals surface area contributed by atoms with E-state index < -0.39 is 5.97 Å². The number of amides is 1. The van der Waals surface area contributed by atoms with E-state index in [9.17, 15) is 9.59 Å². The lowest BCUT2D eigenvalue weighted by molar-refractivity contribution is -0.125. The van der Waals surface area contributed by atoms with E-state index in [0.29, 0.717) is 29.4 Å². The van der Waals surface area contributed by atoms with Crippen molar-refractivity contribution < 1.29 is 23.5 Å². The molecule has 0 aliphatic heterocycles. The highest BCUT2D eigenvalue weighted by atomic mass is 16.5. The predicted molar refractivity (Wildman–Crippen MR) is 94.8 cm³/mol. The first kappa shape index (κ1) is 18.8. The Balaban J connectivity index is 2.06. The van der Waals surface area contributed by atoms with Crippen molar-refractivity contribution in [2.45, 2.75) is 40.7 Å². The molecule has 1 aromatic carbocycles. The molecule has 6 heteroatoms. The fourth-order valence-electron chi connectivity index (χ4n) is 2.31. The van der Waals surface area contributed by atoms with Crippen molar-refractivity contribution in [2.75, 3.05) is 13.2 Å². The third-order valence-corrected chi connectivity index (χ3v) is 4.13. The van der Waals surface area contributed by atoms with Crippen LogP contribution < -0.4 is 10.1 Å². The molecule has 0 unspecified atom stereocenters. The second kappa shape index (κ2) is 8.05. The van der Waals surface area contributed by atoms with Gasteiger partial charge in [0.1, 0.15) is 11.3 Å². The molecule has 0 saturated heterocycles. The fourth-order valence-corrected chi connectivity index (χ4v) is 2.31. The number of aryl methyl sites for hydroxylation is 1. The lowest BCUT2D eigenvalue weighted by Crippen LogP contribution is -2.38. The van der Waals surface area contributed by atoms with Gasteiger partial charge in [0, 0.05) is 17.0 Å². The molecule has 0 aliphatic rings. The van der Waals surface area contributed by atoms with Gasteiger partial charge in [0.25, 0.3) is 5.91 Å². The first-order valence-corrected chi connectivity index (χ1v) is 8.45. The van der Waals surface area contributed by atoms with Crippen LogP contribution in [0, 0.1) is 12.8 Å². The summed E-state index contributed by atoms with van der Waals surface area (Å²) in [5, 5.41) is 3.57. The number of fused-ring (bicyclic) bond motifs is 1. The third kappa shape index (κ3) is 4.53. The summed E-state index contributed by atoms with van der Waals surface area (Å²) >= 11 is 0. The Hall–Kier alpha value is -2.50. The molecule has 1 amide bonds. The first-order valence-electron chi connectivity index (χ1n) is 8.45. The summed E-state index contributed by atoms with van der Waals surface area (Å²) in [6.45, 7) is 9.82. The van der Waals surface area contributed by atoms with Crippen molar-refractivity contribution in [1.82, 2.24) is 5.32 Å². The van der Waals surface area contributed by atoms with Crippen molar-refractivity contribution >= 4 is 22.8 Å². The summed E-state index contributed by atoms with van der Waals surface area (Å²) in [5.74, 6) is 0.131. The van der Waals surface area contributed by atoms with Crippen LogP contribution in [-0.4, -0.2) is 31.1 Å². The summed E-state index contributed by atoms with van der Waals surface area (Å²) in [4.78, 5) is 24.1. The SMILES string of the molecule is CCOc1ccc2oc(C(=O)OCC(=O)N[C@H](C)C(C)C)c(C)c2c1. The molecule has 1 heterocycles. The van der Waals surface area contributed by atoms with E-state index >= 15 is 0 Å². The molecular formula is C19H25NO5. The van der Waals surface area contributed by atoms with Gasteiger partial charge in [-0.2, -0.15) is 0 Å². The normalized spacial score (nSPS) is 12.2.